The molecule has 3 nitrogen and oxygen atoms in total. The molecule has 1 rings (SSSR count). The zero-order chi connectivity index (χ0) is 6.69. The minimum absolute atomic E-state index is 0.627. The van der Waals surface area contributed by atoms with Crippen LogP contribution in [0.2, 0.25) is 0 Å². The van der Waals surface area contributed by atoms with Crippen molar-refractivity contribution < 1.29 is 14.0 Å². The molecule has 0 radical (unpaired) electrons. The monoisotopic (exact) mass is 188 g/mol. The van der Waals surface area contributed by atoms with Crippen molar-refractivity contribution in [2.75, 3.05) is 12.7 Å². The molecule has 0 aliphatic carbocycles. The number of halogens is 1. The molecule has 0 N–H and O–H groups in total. The molecule has 1 fully saturated rings. The summed E-state index contributed by atoms with van der Waals surface area (Å²) in [6, 6.07) is -0.627. The summed E-state index contributed by atoms with van der Waals surface area (Å²) in [5.74, 6) is 0. The van der Waals surface area contributed by atoms with E-state index in [4.69, 9.17) is 20.7 Å². The van der Waals surface area contributed by atoms with Gasteiger partial charge in [0.2, 0.25) is 13.2 Å². The largest absolute Gasteiger partial charge is 0.341 e. The van der Waals surface area contributed by atoms with Crippen molar-refractivity contribution >= 4 is 27.0 Å². The van der Waals surface area contributed by atoms with Crippen LogP contribution in [0.4, 0.5) is 0 Å². The molecule has 1 heterocycles. The summed E-state index contributed by atoms with van der Waals surface area (Å²) < 4.78 is 20.4. The molecule has 0 spiro atoms. The van der Waals surface area contributed by atoms with Crippen molar-refractivity contribution in [1.82, 2.24) is 0 Å². The minimum Gasteiger partial charge on any atom is -0.341 e. The zero-order valence-corrected chi connectivity index (χ0v) is 7.35. The number of hydrogen-bond donors (Lipinski definition) is 0. The molecule has 1 unspecified atom stereocenters. The van der Waals surface area contributed by atoms with Crippen molar-refractivity contribution in [3.05, 3.63) is 0 Å². The Balaban J connectivity index is 2.31. The molecule has 1 aliphatic rings. The summed E-state index contributed by atoms with van der Waals surface area (Å²) in [5, 5.41) is 0. The van der Waals surface area contributed by atoms with E-state index in [0.717, 1.165) is 0 Å². The molecule has 1 aliphatic heterocycles. The Bertz CT molecular complexity index is 114. The van der Waals surface area contributed by atoms with Crippen molar-refractivity contribution in [1.29, 1.82) is 0 Å². The van der Waals surface area contributed by atoms with E-state index in [1.54, 1.807) is 0 Å². The van der Waals surface area contributed by atoms with Gasteiger partial charge in [0.05, 0.1) is 12.7 Å². The lowest BCUT2D eigenvalue weighted by Gasteiger charge is -2.19. The molecule has 9 heavy (non-hydrogen) atoms. The van der Waals surface area contributed by atoms with Gasteiger partial charge in [0.1, 0.15) is 0 Å². The van der Waals surface area contributed by atoms with E-state index in [9.17, 15) is 4.57 Å². The normalized spacial score (nSPS) is 34.6. The van der Waals surface area contributed by atoms with Gasteiger partial charge in [0.25, 0.3) is 0 Å². The first-order valence-corrected chi connectivity index (χ1v) is 6.35. The van der Waals surface area contributed by atoms with Gasteiger partial charge in [-0.2, -0.15) is 0 Å². The molecule has 6 heteroatoms. The van der Waals surface area contributed by atoms with Gasteiger partial charge in [0, 0.05) is 0 Å². The van der Waals surface area contributed by atoms with Gasteiger partial charge in [-0.05, 0) is 0 Å². The third-order valence-corrected chi connectivity index (χ3v) is 2.84. The fourth-order valence-electron chi connectivity index (χ4n) is 0.490. The molecule has 1 atom stereocenters. The van der Waals surface area contributed by atoms with Gasteiger partial charge in [-0.25, -0.2) is 0 Å². The molecule has 0 aromatic rings. The average molecular weight is 188 g/mol. The molecular formula is C3H7ClO3P2. The lowest BCUT2D eigenvalue weighted by atomic mass is 11.3. The first-order chi connectivity index (χ1) is 4.30. The summed E-state index contributed by atoms with van der Waals surface area (Å²) in [5.41, 5.74) is 0. The fourth-order valence-corrected chi connectivity index (χ4v) is 2.25. The van der Waals surface area contributed by atoms with Crippen LogP contribution in [0.15, 0.2) is 0 Å². The van der Waals surface area contributed by atoms with Crippen molar-refractivity contribution in [2.45, 2.75) is 6.03 Å². The third kappa shape index (κ3) is 2.53. The maximum Gasteiger partial charge on any atom is 0.223 e. The van der Waals surface area contributed by atoms with E-state index in [1.165, 1.54) is 0 Å². The standard InChI is InChI=1S/C3H7ClO3P2/c4-9(5)3-6-1-8-2-7-3/h3,8-9H,1-2H2. The number of rotatable bonds is 1. The van der Waals surface area contributed by atoms with Crippen molar-refractivity contribution in [3.63, 3.8) is 0 Å². The van der Waals surface area contributed by atoms with Crippen LogP contribution in [-0.4, -0.2) is 18.7 Å². The Labute approximate surface area is 60.4 Å². The quantitative estimate of drug-likeness (QED) is 0.587. The second kappa shape index (κ2) is 3.90. The Morgan fingerprint density at radius 3 is 2.44 bits per heavy atom. The van der Waals surface area contributed by atoms with E-state index in [1.807, 2.05) is 0 Å². The highest BCUT2D eigenvalue weighted by atomic mass is 35.7. The van der Waals surface area contributed by atoms with Gasteiger partial charge in [-0.3, -0.25) is 0 Å². The van der Waals surface area contributed by atoms with Gasteiger partial charge < -0.3 is 14.0 Å². The summed E-state index contributed by atoms with van der Waals surface area (Å²) in [7, 11) is -1.50. The Morgan fingerprint density at radius 2 is 2.11 bits per heavy atom. The van der Waals surface area contributed by atoms with E-state index in [-0.39, 0.29) is 0 Å². The molecule has 0 aromatic heterocycles. The van der Waals surface area contributed by atoms with Crippen molar-refractivity contribution in [2.24, 2.45) is 0 Å². The zero-order valence-electron chi connectivity index (χ0n) is 4.59. The molecular weight excluding hydrogens is 181 g/mol. The summed E-state index contributed by atoms with van der Waals surface area (Å²) >= 11 is 5.26. The maximum absolute atomic E-state index is 10.5. The van der Waals surface area contributed by atoms with Gasteiger partial charge in [-0.1, -0.05) is 19.8 Å². The molecule has 0 saturated carbocycles. The first-order valence-electron chi connectivity index (χ1n) is 2.44. The predicted molar refractivity (Wildman–Crippen MR) is 38.9 cm³/mol. The molecule has 0 amide bonds. The molecule has 1 saturated heterocycles. The molecule has 0 aromatic carbocycles. The highest BCUT2D eigenvalue weighted by Gasteiger charge is 2.18. The third-order valence-electron chi connectivity index (χ3n) is 0.859. The van der Waals surface area contributed by atoms with Crippen LogP contribution in [0, 0.1) is 0 Å². The predicted octanol–water partition coefficient (Wildman–Crippen LogP) is 1.62. The van der Waals surface area contributed by atoms with Crippen LogP contribution < -0.4 is 0 Å². The highest BCUT2D eigenvalue weighted by molar-refractivity contribution is 7.74. The summed E-state index contributed by atoms with van der Waals surface area (Å²) in [6.07, 6.45) is 1.27. The number of ether oxygens (including phenoxy) is 2. The summed E-state index contributed by atoms with van der Waals surface area (Å²) in [4.78, 5) is 0. The number of hydrogen-bond acceptors (Lipinski definition) is 3. The second-order valence-electron chi connectivity index (χ2n) is 1.51. The first kappa shape index (κ1) is 7.97. The topological polar surface area (TPSA) is 35.5 Å². The van der Waals surface area contributed by atoms with E-state index >= 15 is 0 Å². The SMILES string of the molecule is O=[PH](Cl)C1OCPCO1. The van der Waals surface area contributed by atoms with Crippen LogP contribution in [-0.2, 0) is 14.0 Å². The molecule has 54 valence electrons. The minimum atomic E-state index is -2.15. The second-order valence-corrected chi connectivity index (χ2v) is 4.78. The Hall–Kier alpha value is 0.870. The van der Waals surface area contributed by atoms with E-state index in [0.29, 0.717) is 21.3 Å². The Kier molecular flexibility index (Phi) is 3.45. The van der Waals surface area contributed by atoms with Gasteiger partial charge >= 0.3 is 0 Å². The van der Waals surface area contributed by atoms with Crippen LogP contribution in [0.1, 0.15) is 0 Å². The van der Waals surface area contributed by atoms with Crippen molar-refractivity contribution in [3.8, 4) is 0 Å². The van der Waals surface area contributed by atoms with Crippen LogP contribution in [0.25, 0.3) is 0 Å². The highest BCUT2D eigenvalue weighted by Crippen LogP contribution is 2.38. The summed E-state index contributed by atoms with van der Waals surface area (Å²) in [6.45, 7) is 0. The van der Waals surface area contributed by atoms with Crippen LogP contribution >= 0.6 is 27.0 Å². The lowest BCUT2D eigenvalue weighted by molar-refractivity contribution is -0.0672. The van der Waals surface area contributed by atoms with Crippen LogP contribution in [0.5, 0.6) is 0 Å². The lowest BCUT2D eigenvalue weighted by Crippen LogP contribution is -2.15. The average Bonchev–Trinajstić information content (AvgIpc) is 1.90. The van der Waals surface area contributed by atoms with E-state index in [2.05, 4.69) is 0 Å². The fraction of sp³-hybridized carbons (Fsp3) is 1.00. The smallest absolute Gasteiger partial charge is 0.223 e. The van der Waals surface area contributed by atoms with Gasteiger partial charge in [-0.15, -0.1) is 0 Å². The van der Waals surface area contributed by atoms with Crippen LogP contribution in [0.3, 0.4) is 0 Å². The molecule has 0 bridgehead atoms. The van der Waals surface area contributed by atoms with Gasteiger partial charge in [0.15, 0.2) is 0 Å². The van der Waals surface area contributed by atoms with E-state index < -0.39 is 13.2 Å². The maximum atomic E-state index is 10.5. The Morgan fingerprint density at radius 1 is 1.56 bits per heavy atom.